The Balaban J connectivity index is 2.02. The molecule has 0 saturated heterocycles. The van der Waals surface area contributed by atoms with E-state index in [0.717, 1.165) is 11.3 Å². The van der Waals surface area contributed by atoms with Crippen LogP contribution in [0.15, 0.2) is 29.2 Å². The summed E-state index contributed by atoms with van der Waals surface area (Å²) in [5.74, 6) is 0.175. The molecule has 0 aromatic carbocycles. The first kappa shape index (κ1) is 17.0. The molecule has 7 nitrogen and oxygen atoms in total. The molecular weight excluding hydrogens is 338 g/mol. The number of carbonyl (C=O) groups is 1. The molecular formula is C17H17N5O2S. The normalized spacial score (nSPS) is 10.7. The highest BCUT2D eigenvalue weighted by Gasteiger charge is 2.21. The zero-order chi connectivity index (χ0) is 18.1. The minimum Gasteiger partial charge on any atom is -0.306 e. The summed E-state index contributed by atoms with van der Waals surface area (Å²) in [6, 6.07) is 5.28. The van der Waals surface area contributed by atoms with Crippen molar-refractivity contribution in [2.75, 3.05) is 5.32 Å². The van der Waals surface area contributed by atoms with Crippen LogP contribution >= 0.6 is 11.3 Å². The van der Waals surface area contributed by atoms with Crippen LogP contribution in [0.2, 0.25) is 0 Å². The first-order valence-corrected chi connectivity index (χ1v) is 8.45. The van der Waals surface area contributed by atoms with Gasteiger partial charge < -0.3 is 5.32 Å². The highest BCUT2D eigenvalue weighted by Crippen LogP contribution is 2.29. The molecule has 0 fully saturated rings. The average Bonchev–Trinajstić information content (AvgIpc) is 2.96. The second-order valence-electron chi connectivity index (χ2n) is 5.62. The van der Waals surface area contributed by atoms with Gasteiger partial charge in [0.25, 0.3) is 11.5 Å². The summed E-state index contributed by atoms with van der Waals surface area (Å²) in [6.07, 6.45) is 1.60. The molecule has 0 unspecified atom stereocenters. The van der Waals surface area contributed by atoms with Crippen molar-refractivity contribution in [3.63, 3.8) is 0 Å². The van der Waals surface area contributed by atoms with E-state index in [1.54, 1.807) is 38.4 Å². The van der Waals surface area contributed by atoms with Gasteiger partial charge in [-0.25, -0.2) is 14.6 Å². The first-order valence-electron chi connectivity index (χ1n) is 7.63. The molecule has 3 rings (SSSR count). The van der Waals surface area contributed by atoms with Crippen LogP contribution in [0.3, 0.4) is 0 Å². The van der Waals surface area contributed by atoms with E-state index in [9.17, 15) is 9.59 Å². The Morgan fingerprint density at radius 3 is 2.64 bits per heavy atom. The van der Waals surface area contributed by atoms with Gasteiger partial charge in [0.2, 0.25) is 0 Å². The zero-order valence-electron chi connectivity index (χ0n) is 14.3. The summed E-state index contributed by atoms with van der Waals surface area (Å²) < 4.78 is 1.29. The molecule has 0 spiro atoms. The molecule has 25 heavy (non-hydrogen) atoms. The van der Waals surface area contributed by atoms with E-state index in [1.165, 1.54) is 16.0 Å². The van der Waals surface area contributed by atoms with Crippen LogP contribution < -0.4 is 10.9 Å². The largest absolute Gasteiger partial charge is 0.306 e. The Labute approximate surface area is 148 Å². The molecule has 3 aromatic heterocycles. The van der Waals surface area contributed by atoms with Crippen LogP contribution in [0.25, 0.3) is 10.6 Å². The van der Waals surface area contributed by atoms with Gasteiger partial charge >= 0.3 is 0 Å². The van der Waals surface area contributed by atoms with Gasteiger partial charge in [-0.2, -0.15) is 5.10 Å². The number of nitrogens with one attached hydrogen (secondary N) is 1. The molecule has 3 aromatic rings. The fourth-order valence-corrected chi connectivity index (χ4v) is 3.48. The number of hydrogen-bond donors (Lipinski definition) is 1. The van der Waals surface area contributed by atoms with Gasteiger partial charge in [0, 0.05) is 13.2 Å². The SMILES string of the molecule is Cc1nc(-c2c(C)c(C)nn(C)c2=O)sc1C(=O)Nc1ccccn1. The number of aromatic nitrogens is 4. The number of thiazole rings is 1. The van der Waals surface area contributed by atoms with E-state index in [0.29, 0.717) is 27.0 Å². The number of carbonyl (C=O) groups excluding carboxylic acids is 1. The number of anilines is 1. The molecule has 128 valence electrons. The second kappa shape index (κ2) is 6.56. The smallest absolute Gasteiger partial charge is 0.277 e. The van der Waals surface area contributed by atoms with E-state index >= 15 is 0 Å². The van der Waals surface area contributed by atoms with Crippen LogP contribution in [0.1, 0.15) is 26.6 Å². The van der Waals surface area contributed by atoms with Crippen molar-refractivity contribution < 1.29 is 4.79 Å². The lowest BCUT2D eigenvalue weighted by Gasteiger charge is -2.07. The Morgan fingerprint density at radius 1 is 1.20 bits per heavy atom. The Morgan fingerprint density at radius 2 is 1.96 bits per heavy atom. The topological polar surface area (TPSA) is 89.8 Å². The van der Waals surface area contributed by atoms with Gasteiger partial charge in [-0.15, -0.1) is 11.3 Å². The predicted octanol–water partition coefficient (Wildman–Crippen LogP) is 2.48. The number of amides is 1. The molecule has 8 heteroatoms. The van der Waals surface area contributed by atoms with Gasteiger partial charge in [-0.3, -0.25) is 9.59 Å². The minimum absolute atomic E-state index is 0.228. The maximum absolute atomic E-state index is 12.5. The lowest BCUT2D eigenvalue weighted by atomic mass is 10.1. The van der Waals surface area contributed by atoms with E-state index < -0.39 is 0 Å². The van der Waals surface area contributed by atoms with Gasteiger partial charge in [0.05, 0.1) is 17.0 Å². The lowest BCUT2D eigenvalue weighted by molar-refractivity contribution is 0.102. The van der Waals surface area contributed by atoms with Gasteiger partial charge in [-0.05, 0) is 38.5 Å². The fourth-order valence-electron chi connectivity index (χ4n) is 2.42. The van der Waals surface area contributed by atoms with Crippen LogP contribution in [0, 0.1) is 20.8 Å². The van der Waals surface area contributed by atoms with Crippen LogP contribution in [-0.2, 0) is 7.05 Å². The summed E-state index contributed by atoms with van der Waals surface area (Å²) in [5.41, 5.74) is 2.36. The van der Waals surface area contributed by atoms with Crippen molar-refractivity contribution in [3.8, 4) is 10.6 Å². The quantitative estimate of drug-likeness (QED) is 0.779. The molecule has 0 atom stereocenters. The third-order valence-corrected chi connectivity index (χ3v) is 5.02. The molecule has 0 bridgehead atoms. The molecule has 0 aliphatic rings. The summed E-state index contributed by atoms with van der Waals surface area (Å²) in [4.78, 5) is 34.0. The van der Waals surface area contributed by atoms with E-state index in [-0.39, 0.29) is 11.5 Å². The summed E-state index contributed by atoms with van der Waals surface area (Å²) in [5, 5.41) is 7.43. The zero-order valence-corrected chi connectivity index (χ0v) is 15.1. The molecule has 1 N–H and O–H groups in total. The molecule has 0 radical (unpaired) electrons. The summed E-state index contributed by atoms with van der Waals surface area (Å²) >= 11 is 1.19. The Hall–Kier alpha value is -2.87. The number of pyridine rings is 1. The van der Waals surface area contributed by atoms with Crippen molar-refractivity contribution in [2.45, 2.75) is 20.8 Å². The third kappa shape index (κ3) is 3.20. The second-order valence-corrected chi connectivity index (χ2v) is 6.62. The van der Waals surface area contributed by atoms with Crippen LogP contribution in [0.5, 0.6) is 0 Å². The summed E-state index contributed by atoms with van der Waals surface area (Å²) in [6.45, 7) is 5.43. The summed E-state index contributed by atoms with van der Waals surface area (Å²) in [7, 11) is 1.60. The maximum atomic E-state index is 12.5. The minimum atomic E-state index is -0.291. The maximum Gasteiger partial charge on any atom is 0.277 e. The third-order valence-electron chi connectivity index (χ3n) is 3.85. The standard InChI is InChI=1S/C17H17N5O2S/c1-9-10(2)21-22(4)17(24)13(9)16-19-11(3)14(25-16)15(23)20-12-7-5-6-8-18-12/h5-8H,1-4H3,(H,18,20,23). The van der Waals surface area contributed by atoms with E-state index in [4.69, 9.17) is 0 Å². The molecule has 0 aliphatic carbocycles. The highest BCUT2D eigenvalue weighted by atomic mass is 32.1. The number of hydrogen-bond acceptors (Lipinski definition) is 6. The average molecular weight is 355 g/mol. The van der Waals surface area contributed by atoms with Gasteiger partial charge in [0.15, 0.2) is 0 Å². The van der Waals surface area contributed by atoms with Crippen molar-refractivity contribution in [2.24, 2.45) is 7.05 Å². The predicted molar refractivity (Wildman–Crippen MR) is 97.0 cm³/mol. The lowest BCUT2D eigenvalue weighted by Crippen LogP contribution is -2.23. The molecule has 0 saturated carbocycles. The molecule has 3 heterocycles. The van der Waals surface area contributed by atoms with Crippen LogP contribution in [-0.4, -0.2) is 25.7 Å². The first-order chi connectivity index (χ1) is 11.9. The number of nitrogens with zero attached hydrogens (tertiary/aromatic N) is 4. The van der Waals surface area contributed by atoms with Gasteiger partial charge in [0.1, 0.15) is 15.7 Å². The van der Waals surface area contributed by atoms with Crippen molar-refractivity contribution in [1.29, 1.82) is 0 Å². The van der Waals surface area contributed by atoms with Crippen molar-refractivity contribution >= 4 is 23.1 Å². The molecule has 1 amide bonds. The highest BCUT2D eigenvalue weighted by molar-refractivity contribution is 7.17. The number of rotatable bonds is 3. The monoisotopic (exact) mass is 355 g/mol. The number of aryl methyl sites for hydroxylation is 3. The molecule has 0 aliphatic heterocycles. The van der Waals surface area contributed by atoms with E-state index in [1.807, 2.05) is 13.8 Å². The van der Waals surface area contributed by atoms with Crippen molar-refractivity contribution in [1.82, 2.24) is 19.7 Å². The van der Waals surface area contributed by atoms with Crippen LogP contribution in [0.4, 0.5) is 5.82 Å². The van der Waals surface area contributed by atoms with Crippen molar-refractivity contribution in [3.05, 3.63) is 56.6 Å². The Kier molecular flexibility index (Phi) is 4.45. The van der Waals surface area contributed by atoms with Gasteiger partial charge in [-0.1, -0.05) is 6.07 Å². The fraction of sp³-hybridized carbons (Fsp3) is 0.235. The Bertz CT molecular complexity index is 1010. The van der Waals surface area contributed by atoms with E-state index in [2.05, 4.69) is 20.4 Å².